The lowest BCUT2D eigenvalue weighted by Crippen LogP contribution is -2.38. The number of carbonyl (C=O) groups excluding carboxylic acids is 1. The van der Waals surface area contributed by atoms with Gasteiger partial charge in [-0.25, -0.2) is 8.42 Å². The highest BCUT2D eigenvalue weighted by Gasteiger charge is 2.28. The predicted molar refractivity (Wildman–Crippen MR) is 121 cm³/mol. The Balaban J connectivity index is 1.99. The molecule has 0 aliphatic rings. The standard InChI is InChI=1S/C24H26N2O3S/c1-17-8-12-21(13-9-17)25-24(27)16-26(23-7-5-6-19(3)20(23)4)30(28,29)22-14-10-18(2)11-15-22/h5-15H,16H2,1-4H3,(H,25,27). The van der Waals surface area contributed by atoms with Gasteiger partial charge in [-0.05, 0) is 69.2 Å². The summed E-state index contributed by atoms with van der Waals surface area (Å²) in [6, 6.07) is 19.5. The van der Waals surface area contributed by atoms with E-state index in [0.717, 1.165) is 22.3 Å². The second-order valence-electron chi connectivity index (χ2n) is 7.46. The number of sulfonamides is 1. The van der Waals surface area contributed by atoms with Crippen molar-refractivity contribution in [2.24, 2.45) is 0 Å². The zero-order valence-electron chi connectivity index (χ0n) is 17.6. The molecule has 3 aromatic rings. The molecule has 1 amide bonds. The highest BCUT2D eigenvalue weighted by atomic mass is 32.2. The van der Waals surface area contributed by atoms with Gasteiger partial charge in [0, 0.05) is 5.69 Å². The van der Waals surface area contributed by atoms with E-state index < -0.39 is 15.9 Å². The lowest BCUT2D eigenvalue weighted by Gasteiger charge is -2.26. The van der Waals surface area contributed by atoms with Crippen LogP contribution in [-0.4, -0.2) is 20.9 Å². The van der Waals surface area contributed by atoms with Gasteiger partial charge in [-0.15, -0.1) is 0 Å². The molecule has 0 bridgehead atoms. The van der Waals surface area contributed by atoms with Gasteiger partial charge in [-0.3, -0.25) is 9.10 Å². The van der Waals surface area contributed by atoms with Crippen molar-refractivity contribution >= 4 is 27.3 Å². The van der Waals surface area contributed by atoms with E-state index >= 15 is 0 Å². The van der Waals surface area contributed by atoms with Crippen LogP contribution in [0, 0.1) is 27.7 Å². The second-order valence-corrected chi connectivity index (χ2v) is 9.32. The average Bonchev–Trinajstić information content (AvgIpc) is 2.70. The molecule has 0 aromatic heterocycles. The van der Waals surface area contributed by atoms with Crippen molar-refractivity contribution in [3.05, 3.63) is 89.0 Å². The lowest BCUT2D eigenvalue weighted by atomic mass is 10.1. The summed E-state index contributed by atoms with van der Waals surface area (Å²) in [5, 5.41) is 2.79. The van der Waals surface area contributed by atoms with E-state index in [-0.39, 0.29) is 11.4 Å². The van der Waals surface area contributed by atoms with Gasteiger partial charge in [0.15, 0.2) is 0 Å². The van der Waals surface area contributed by atoms with Gasteiger partial charge in [-0.1, -0.05) is 47.5 Å². The van der Waals surface area contributed by atoms with Crippen LogP contribution < -0.4 is 9.62 Å². The van der Waals surface area contributed by atoms with Crippen LogP contribution in [0.15, 0.2) is 71.6 Å². The molecule has 1 N–H and O–H groups in total. The van der Waals surface area contributed by atoms with E-state index in [1.54, 1.807) is 48.5 Å². The summed E-state index contributed by atoms with van der Waals surface area (Å²) in [5.41, 5.74) is 4.93. The molecular formula is C24H26N2O3S. The minimum atomic E-state index is -3.93. The molecule has 0 aliphatic heterocycles. The quantitative estimate of drug-likeness (QED) is 0.623. The van der Waals surface area contributed by atoms with Crippen molar-refractivity contribution in [2.75, 3.05) is 16.2 Å². The molecule has 3 rings (SSSR count). The Morgan fingerprint density at radius 2 is 1.40 bits per heavy atom. The second kappa shape index (κ2) is 8.71. The molecule has 0 saturated carbocycles. The summed E-state index contributed by atoms with van der Waals surface area (Å²) in [6.07, 6.45) is 0. The smallest absolute Gasteiger partial charge is 0.264 e. The van der Waals surface area contributed by atoms with Crippen LogP contribution in [0.5, 0.6) is 0 Å². The number of hydrogen-bond donors (Lipinski definition) is 1. The van der Waals surface area contributed by atoms with Crippen LogP contribution in [0.2, 0.25) is 0 Å². The molecule has 0 fully saturated rings. The molecule has 30 heavy (non-hydrogen) atoms. The number of nitrogens with one attached hydrogen (secondary N) is 1. The number of rotatable bonds is 6. The van der Waals surface area contributed by atoms with Gasteiger partial charge < -0.3 is 5.32 Å². The number of benzene rings is 3. The van der Waals surface area contributed by atoms with Gasteiger partial charge in [0.2, 0.25) is 5.91 Å². The molecular weight excluding hydrogens is 396 g/mol. The monoisotopic (exact) mass is 422 g/mol. The third-order valence-corrected chi connectivity index (χ3v) is 6.85. The fraction of sp³-hybridized carbons (Fsp3) is 0.208. The van der Waals surface area contributed by atoms with E-state index in [2.05, 4.69) is 5.32 Å². The molecule has 0 radical (unpaired) electrons. The molecule has 0 heterocycles. The van der Waals surface area contributed by atoms with Crippen LogP contribution in [-0.2, 0) is 14.8 Å². The Bertz CT molecular complexity index is 1150. The van der Waals surface area contributed by atoms with Gasteiger partial charge in [0.1, 0.15) is 6.54 Å². The first-order valence-electron chi connectivity index (χ1n) is 9.70. The number of carbonyl (C=O) groups is 1. The van der Waals surface area contributed by atoms with E-state index in [1.165, 1.54) is 4.31 Å². The van der Waals surface area contributed by atoms with Crippen LogP contribution in [0.3, 0.4) is 0 Å². The third-order valence-electron chi connectivity index (χ3n) is 5.08. The summed E-state index contributed by atoms with van der Waals surface area (Å²) in [7, 11) is -3.93. The molecule has 0 unspecified atom stereocenters. The number of hydrogen-bond acceptors (Lipinski definition) is 3. The molecule has 3 aromatic carbocycles. The normalized spacial score (nSPS) is 11.2. The van der Waals surface area contributed by atoms with Crippen LogP contribution in [0.4, 0.5) is 11.4 Å². The molecule has 0 spiro atoms. The fourth-order valence-corrected chi connectivity index (χ4v) is 4.59. The van der Waals surface area contributed by atoms with Crippen molar-refractivity contribution in [1.82, 2.24) is 0 Å². The molecule has 6 heteroatoms. The Morgan fingerprint density at radius 1 is 0.833 bits per heavy atom. The minimum Gasteiger partial charge on any atom is -0.325 e. The zero-order chi connectivity index (χ0) is 21.9. The Morgan fingerprint density at radius 3 is 2.00 bits per heavy atom. The first kappa shape index (κ1) is 21.6. The summed E-state index contributed by atoms with van der Waals surface area (Å²) in [4.78, 5) is 12.9. The lowest BCUT2D eigenvalue weighted by molar-refractivity contribution is -0.114. The number of nitrogens with zero attached hydrogens (tertiary/aromatic N) is 1. The first-order chi connectivity index (χ1) is 14.2. The minimum absolute atomic E-state index is 0.150. The van der Waals surface area contributed by atoms with E-state index in [4.69, 9.17) is 0 Å². The SMILES string of the molecule is Cc1ccc(NC(=O)CN(c2cccc(C)c2C)S(=O)(=O)c2ccc(C)cc2)cc1. The zero-order valence-corrected chi connectivity index (χ0v) is 18.5. The number of anilines is 2. The summed E-state index contributed by atoms with van der Waals surface area (Å²) in [6.45, 7) is 7.31. The Labute approximate surface area is 178 Å². The maximum Gasteiger partial charge on any atom is 0.264 e. The van der Waals surface area contributed by atoms with Crippen LogP contribution in [0.25, 0.3) is 0 Å². The summed E-state index contributed by atoms with van der Waals surface area (Å²) >= 11 is 0. The predicted octanol–water partition coefficient (Wildman–Crippen LogP) is 4.75. The van der Waals surface area contributed by atoms with Gasteiger partial charge in [-0.2, -0.15) is 0 Å². The van der Waals surface area contributed by atoms with E-state index in [1.807, 2.05) is 45.9 Å². The Kier molecular flexibility index (Phi) is 6.27. The van der Waals surface area contributed by atoms with Gasteiger partial charge >= 0.3 is 0 Å². The molecule has 0 atom stereocenters. The van der Waals surface area contributed by atoms with Crippen LogP contribution in [0.1, 0.15) is 22.3 Å². The summed E-state index contributed by atoms with van der Waals surface area (Å²) in [5.74, 6) is -0.407. The molecule has 5 nitrogen and oxygen atoms in total. The van der Waals surface area contributed by atoms with Gasteiger partial charge in [0.25, 0.3) is 10.0 Å². The third kappa shape index (κ3) is 4.71. The maximum absolute atomic E-state index is 13.5. The molecule has 156 valence electrons. The van der Waals surface area contributed by atoms with Gasteiger partial charge in [0.05, 0.1) is 10.6 Å². The van der Waals surface area contributed by atoms with Crippen molar-refractivity contribution in [3.63, 3.8) is 0 Å². The van der Waals surface area contributed by atoms with Crippen molar-refractivity contribution in [1.29, 1.82) is 0 Å². The topological polar surface area (TPSA) is 66.5 Å². The number of aryl methyl sites for hydroxylation is 3. The van der Waals surface area contributed by atoms with Crippen molar-refractivity contribution < 1.29 is 13.2 Å². The van der Waals surface area contributed by atoms with Crippen LogP contribution >= 0.6 is 0 Å². The van der Waals surface area contributed by atoms with Crippen molar-refractivity contribution in [2.45, 2.75) is 32.6 Å². The Hall–Kier alpha value is -3.12. The largest absolute Gasteiger partial charge is 0.325 e. The summed E-state index contributed by atoms with van der Waals surface area (Å²) < 4.78 is 28.2. The molecule has 0 saturated heterocycles. The molecule has 0 aliphatic carbocycles. The fourth-order valence-electron chi connectivity index (χ4n) is 3.11. The average molecular weight is 423 g/mol. The first-order valence-corrected chi connectivity index (χ1v) is 11.1. The highest BCUT2D eigenvalue weighted by Crippen LogP contribution is 2.28. The van der Waals surface area contributed by atoms with E-state index in [0.29, 0.717) is 11.4 Å². The maximum atomic E-state index is 13.5. The number of amides is 1. The van der Waals surface area contributed by atoms with Crippen molar-refractivity contribution in [3.8, 4) is 0 Å². The highest BCUT2D eigenvalue weighted by molar-refractivity contribution is 7.92. The van der Waals surface area contributed by atoms with E-state index in [9.17, 15) is 13.2 Å².